The van der Waals surface area contributed by atoms with Crippen LogP contribution in [0, 0.1) is 0 Å². The molecule has 1 aliphatic rings. The Kier molecular flexibility index (Phi) is 4.12. The first kappa shape index (κ1) is 12.8. The molecular formula is C10H18N2O4. The van der Waals surface area contributed by atoms with E-state index in [4.69, 9.17) is 4.74 Å². The summed E-state index contributed by atoms with van der Waals surface area (Å²) < 4.78 is 9.44. The zero-order valence-electron chi connectivity index (χ0n) is 9.91. The van der Waals surface area contributed by atoms with Gasteiger partial charge in [0.05, 0.1) is 0 Å². The van der Waals surface area contributed by atoms with Crippen molar-refractivity contribution in [1.29, 1.82) is 0 Å². The first-order valence-electron chi connectivity index (χ1n) is 5.29. The zero-order chi connectivity index (χ0) is 12.2. The van der Waals surface area contributed by atoms with Crippen molar-refractivity contribution in [3.8, 4) is 0 Å². The molecular weight excluding hydrogens is 212 g/mol. The number of carbonyl (C=O) groups excluding carboxylic acids is 2. The number of piperazine rings is 1. The number of hydrogen-bond donors (Lipinski definition) is 1. The lowest BCUT2D eigenvalue weighted by Gasteiger charge is -2.26. The van der Waals surface area contributed by atoms with Crippen LogP contribution in [0.3, 0.4) is 0 Å². The Balaban J connectivity index is 2.35. The molecule has 1 N–H and O–H groups in total. The average Bonchev–Trinajstić information content (AvgIpc) is 2.16. The number of amides is 1. The highest BCUT2D eigenvalue weighted by molar-refractivity contribution is 5.80. The predicted molar refractivity (Wildman–Crippen MR) is 57.2 cm³/mol. The minimum atomic E-state index is -0.948. The van der Waals surface area contributed by atoms with Gasteiger partial charge in [-0.05, 0) is 20.8 Å². The second kappa shape index (κ2) is 5.16. The normalized spacial score (nSPS) is 16.8. The van der Waals surface area contributed by atoms with E-state index in [0.717, 1.165) is 0 Å². The molecule has 92 valence electrons. The van der Waals surface area contributed by atoms with Gasteiger partial charge in [0.2, 0.25) is 0 Å². The second-order valence-electron chi connectivity index (χ2n) is 4.57. The molecule has 1 saturated heterocycles. The summed E-state index contributed by atoms with van der Waals surface area (Å²) in [5, 5.41) is 3.10. The fourth-order valence-corrected chi connectivity index (χ4v) is 1.25. The number of nitrogens with one attached hydrogen (secondary N) is 1. The van der Waals surface area contributed by atoms with Crippen LogP contribution in [0.5, 0.6) is 0 Å². The Morgan fingerprint density at radius 1 is 1.19 bits per heavy atom. The number of rotatable bonds is 0. The van der Waals surface area contributed by atoms with Gasteiger partial charge in [-0.1, -0.05) is 0 Å². The van der Waals surface area contributed by atoms with Crippen LogP contribution in [0.4, 0.5) is 9.59 Å². The summed E-state index contributed by atoms with van der Waals surface area (Å²) >= 11 is 0. The molecule has 16 heavy (non-hydrogen) atoms. The second-order valence-corrected chi connectivity index (χ2v) is 4.57. The molecule has 0 spiro atoms. The molecule has 0 aromatic rings. The predicted octanol–water partition coefficient (Wildman–Crippen LogP) is 0.963. The van der Waals surface area contributed by atoms with Crippen molar-refractivity contribution in [1.82, 2.24) is 10.2 Å². The van der Waals surface area contributed by atoms with Gasteiger partial charge in [0.15, 0.2) is 0 Å². The molecule has 0 saturated carbocycles. The Morgan fingerprint density at radius 3 is 2.25 bits per heavy atom. The lowest BCUT2D eigenvalue weighted by molar-refractivity contribution is 0.00219. The van der Waals surface area contributed by atoms with Crippen LogP contribution < -0.4 is 5.32 Å². The van der Waals surface area contributed by atoms with E-state index in [1.165, 1.54) is 4.90 Å². The van der Waals surface area contributed by atoms with Crippen molar-refractivity contribution in [3.63, 3.8) is 0 Å². The summed E-state index contributed by atoms with van der Waals surface area (Å²) in [7, 11) is 0. The summed E-state index contributed by atoms with van der Waals surface area (Å²) in [5.74, 6) is 0. The molecule has 1 fully saturated rings. The maximum Gasteiger partial charge on any atom is 0.517 e. The number of carbonyl (C=O) groups is 2. The van der Waals surface area contributed by atoms with Crippen LogP contribution in [0.15, 0.2) is 0 Å². The van der Waals surface area contributed by atoms with Gasteiger partial charge in [-0.3, -0.25) is 0 Å². The maximum absolute atomic E-state index is 11.5. The van der Waals surface area contributed by atoms with Crippen LogP contribution in [0.1, 0.15) is 20.8 Å². The highest BCUT2D eigenvalue weighted by Gasteiger charge is 2.24. The zero-order valence-corrected chi connectivity index (χ0v) is 9.91. The Labute approximate surface area is 94.9 Å². The van der Waals surface area contributed by atoms with E-state index in [9.17, 15) is 9.59 Å². The molecule has 6 heteroatoms. The van der Waals surface area contributed by atoms with Gasteiger partial charge in [-0.25, -0.2) is 9.59 Å². The minimum Gasteiger partial charge on any atom is -0.428 e. The maximum atomic E-state index is 11.5. The van der Waals surface area contributed by atoms with E-state index in [2.05, 4.69) is 10.1 Å². The minimum absolute atomic E-state index is 0.543. The lowest BCUT2D eigenvalue weighted by atomic mass is 10.2. The summed E-state index contributed by atoms with van der Waals surface area (Å²) in [4.78, 5) is 24.1. The lowest BCUT2D eigenvalue weighted by Crippen LogP contribution is -2.47. The van der Waals surface area contributed by atoms with Gasteiger partial charge < -0.3 is 19.7 Å². The topological polar surface area (TPSA) is 67.9 Å². The van der Waals surface area contributed by atoms with Gasteiger partial charge >= 0.3 is 12.2 Å². The fourth-order valence-electron chi connectivity index (χ4n) is 1.25. The Hall–Kier alpha value is -1.30. The molecule has 6 nitrogen and oxygen atoms in total. The molecule has 0 unspecified atom stereocenters. The van der Waals surface area contributed by atoms with E-state index >= 15 is 0 Å². The van der Waals surface area contributed by atoms with E-state index < -0.39 is 17.8 Å². The van der Waals surface area contributed by atoms with Crippen LogP contribution in [0.2, 0.25) is 0 Å². The SMILES string of the molecule is CC(C)(C)OC(=O)OC(=O)N1CCNCC1. The molecule has 0 aliphatic carbocycles. The van der Waals surface area contributed by atoms with Crippen molar-refractivity contribution < 1.29 is 19.1 Å². The monoisotopic (exact) mass is 230 g/mol. The van der Waals surface area contributed by atoms with Crippen molar-refractivity contribution in [2.45, 2.75) is 26.4 Å². The molecule has 0 aromatic heterocycles. The van der Waals surface area contributed by atoms with Crippen molar-refractivity contribution in [3.05, 3.63) is 0 Å². The molecule has 1 amide bonds. The van der Waals surface area contributed by atoms with Crippen LogP contribution in [-0.4, -0.2) is 48.9 Å². The Bertz CT molecular complexity index is 266. The van der Waals surface area contributed by atoms with E-state index in [-0.39, 0.29) is 0 Å². The first-order chi connectivity index (χ1) is 7.38. The summed E-state index contributed by atoms with van der Waals surface area (Å²) in [6.45, 7) is 7.65. The van der Waals surface area contributed by atoms with E-state index in [1.54, 1.807) is 20.8 Å². The molecule has 1 rings (SSSR count). The first-order valence-corrected chi connectivity index (χ1v) is 5.29. The number of nitrogens with zero attached hydrogens (tertiary/aromatic N) is 1. The highest BCUT2D eigenvalue weighted by atomic mass is 16.8. The van der Waals surface area contributed by atoms with E-state index in [1.807, 2.05) is 0 Å². The molecule has 0 aromatic carbocycles. The van der Waals surface area contributed by atoms with Crippen molar-refractivity contribution in [2.24, 2.45) is 0 Å². The number of hydrogen-bond acceptors (Lipinski definition) is 5. The number of ether oxygens (including phenoxy) is 2. The summed E-state index contributed by atoms with van der Waals surface area (Å²) in [5.41, 5.74) is -0.652. The summed E-state index contributed by atoms with van der Waals surface area (Å²) in [6, 6.07) is 0. The van der Waals surface area contributed by atoms with Crippen molar-refractivity contribution in [2.75, 3.05) is 26.2 Å². The van der Waals surface area contributed by atoms with E-state index in [0.29, 0.717) is 26.2 Å². The van der Waals surface area contributed by atoms with Gasteiger partial charge in [-0.15, -0.1) is 0 Å². The fraction of sp³-hybridized carbons (Fsp3) is 0.800. The highest BCUT2D eigenvalue weighted by Crippen LogP contribution is 2.09. The van der Waals surface area contributed by atoms with Gasteiger partial charge in [0.1, 0.15) is 5.60 Å². The molecule has 0 atom stereocenters. The standard InChI is InChI=1S/C10H18N2O4/c1-10(2,3)16-9(14)15-8(13)12-6-4-11-5-7-12/h11H,4-7H2,1-3H3. The summed E-state index contributed by atoms with van der Waals surface area (Å²) in [6.07, 6.45) is -1.59. The molecule has 0 radical (unpaired) electrons. The Morgan fingerprint density at radius 2 is 1.75 bits per heavy atom. The van der Waals surface area contributed by atoms with Gasteiger partial charge in [0, 0.05) is 26.2 Å². The molecule has 0 bridgehead atoms. The largest absolute Gasteiger partial charge is 0.517 e. The molecule has 1 aliphatic heterocycles. The van der Waals surface area contributed by atoms with Gasteiger partial charge in [-0.2, -0.15) is 0 Å². The molecule has 1 heterocycles. The van der Waals surface area contributed by atoms with Crippen LogP contribution in [0.25, 0.3) is 0 Å². The average molecular weight is 230 g/mol. The van der Waals surface area contributed by atoms with Crippen molar-refractivity contribution >= 4 is 12.2 Å². The third-order valence-corrected chi connectivity index (χ3v) is 1.94. The van der Waals surface area contributed by atoms with Crippen LogP contribution in [-0.2, 0) is 9.47 Å². The third-order valence-electron chi connectivity index (χ3n) is 1.94. The van der Waals surface area contributed by atoms with Crippen LogP contribution >= 0.6 is 0 Å². The van der Waals surface area contributed by atoms with Gasteiger partial charge in [0.25, 0.3) is 0 Å². The quantitative estimate of drug-likeness (QED) is 0.496. The third kappa shape index (κ3) is 4.48. The smallest absolute Gasteiger partial charge is 0.428 e.